The maximum atomic E-state index is 5.61. The van der Waals surface area contributed by atoms with E-state index in [1.165, 1.54) is 11.1 Å². The van der Waals surface area contributed by atoms with Crippen LogP contribution in [0.15, 0.2) is 24.3 Å². The van der Waals surface area contributed by atoms with Gasteiger partial charge < -0.3 is 10.1 Å². The lowest BCUT2D eigenvalue weighted by molar-refractivity contribution is 0.124. The second-order valence-corrected chi connectivity index (χ2v) is 4.76. The summed E-state index contributed by atoms with van der Waals surface area (Å²) < 4.78 is 5.61. The molecule has 2 nitrogen and oxygen atoms in total. The molecule has 1 unspecified atom stereocenters. The quantitative estimate of drug-likeness (QED) is 0.671. The van der Waals surface area contributed by atoms with Crippen LogP contribution in [0.25, 0.3) is 0 Å². The largest absolute Gasteiger partial charge is 0.381 e. The van der Waals surface area contributed by atoms with Gasteiger partial charge in [0.1, 0.15) is 0 Å². The van der Waals surface area contributed by atoms with Gasteiger partial charge in [0.25, 0.3) is 0 Å². The van der Waals surface area contributed by atoms with E-state index in [1.54, 1.807) is 0 Å². The van der Waals surface area contributed by atoms with Crippen LogP contribution >= 0.6 is 0 Å². The number of hydrogen-bond donors (Lipinski definition) is 1. The monoisotopic (exact) mass is 249 g/mol. The number of rotatable bonds is 9. The summed E-state index contributed by atoms with van der Waals surface area (Å²) in [5, 5.41) is 3.62. The molecule has 102 valence electrons. The van der Waals surface area contributed by atoms with E-state index in [1.807, 2.05) is 0 Å². The van der Waals surface area contributed by atoms with E-state index >= 15 is 0 Å². The summed E-state index contributed by atoms with van der Waals surface area (Å²) in [5.41, 5.74) is 2.77. The number of hydrogen-bond acceptors (Lipinski definition) is 2. The van der Waals surface area contributed by atoms with Crippen molar-refractivity contribution in [2.75, 3.05) is 19.8 Å². The molecule has 1 aromatic rings. The van der Waals surface area contributed by atoms with Crippen molar-refractivity contribution in [3.05, 3.63) is 35.4 Å². The van der Waals surface area contributed by atoms with E-state index < -0.39 is 0 Å². The third kappa shape index (κ3) is 5.19. The molecule has 1 N–H and O–H groups in total. The van der Waals surface area contributed by atoms with Crippen molar-refractivity contribution in [1.29, 1.82) is 0 Å². The Labute approximate surface area is 112 Å². The number of aryl methyl sites for hydroxylation is 1. The predicted molar refractivity (Wildman–Crippen MR) is 77.9 cm³/mol. The van der Waals surface area contributed by atoms with E-state index in [4.69, 9.17) is 4.74 Å². The molecule has 0 saturated heterocycles. The number of benzene rings is 1. The lowest BCUT2D eigenvalue weighted by Crippen LogP contribution is -2.24. The molecule has 1 rings (SSSR count). The summed E-state index contributed by atoms with van der Waals surface area (Å²) in [6.07, 6.45) is 3.31. The van der Waals surface area contributed by atoms with Gasteiger partial charge in [0.2, 0.25) is 0 Å². The Bertz CT molecular complexity index is 325. The second-order valence-electron chi connectivity index (χ2n) is 4.76. The fourth-order valence-electron chi connectivity index (χ4n) is 2.11. The number of ether oxygens (including phenoxy) is 1. The van der Waals surface area contributed by atoms with Crippen LogP contribution in [0.1, 0.15) is 50.3 Å². The summed E-state index contributed by atoms with van der Waals surface area (Å²) in [6.45, 7) is 9.30. The first-order valence-electron chi connectivity index (χ1n) is 7.16. The Morgan fingerprint density at radius 2 is 1.89 bits per heavy atom. The van der Waals surface area contributed by atoms with Gasteiger partial charge in [-0.1, -0.05) is 38.1 Å². The Morgan fingerprint density at radius 1 is 1.11 bits per heavy atom. The first-order valence-corrected chi connectivity index (χ1v) is 7.16. The van der Waals surface area contributed by atoms with Crippen LogP contribution in [0.3, 0.4) is 0 Å². The van der Waals surface area contributed by atoms with E-state index in [2.05, 4.69) is 50.4 Å². The van der Waals surface area contributed by atoms with Crippen LogP contribution in [-0.2, 0) is 4.74 Å². The summed E-state index contributed by atoms with van der Waals surface area (Å²) in [4.78, 5) is 0. The van der Waals surface area contributed by atoms with E-state index in [0.717, 1.165) is 39.0 Å². The van der Waals surface area contributed by atoms with Gasteiger partial charge in [-0.25, -0.2) is 0 Å². The van der Waals surface area contributed by atoms with Crippen molar-refractivity contribution in [3.8, 4) is 0 Å². The standard InChI is InChI=1S/C16H27NO/c1-4-11-17-16(10-13-18-12-5-2)15-9-7-6-8-14(15)3/h6-9,16-17H,4-5,10-13H2,1-3H3. The molecule has 0 amide bonds. The fourth-order valence-corrected chi connectivity index (χ4v) is 2.11. The molecule has 18 heavy (non-hydrogen) atoms. The van der Waals surface area contributed by atoms with Crippen molar-refractivity contribution in [2.24, 2.45) is 0 Å². The van der Waals surface area contributed by atoms with Gasteiger partial charge in [0.05, 0.1) is 0 Å². The molecule has 0 fully saturated rings. The average molecular weight is 249 g/mol. The second kappa shape index (κ2) is 9.12. The molecule has 0 aromatic heterocycles. The molecular weight excluding hydrogens is 222 g/mol. The van der Waals surface area contributed by atoms with Crippen molar-refractivity contribution >= 4 is 0 Å². The van der Waals surface area contributed by atoms with Crippen LogP contribution in [0.2, 0.25) is 0 Å². The topological polar surface area (TPSA) is 21.3 Å². The van der Waals surface area contributed by atoms with Crippen LogP contribution in [0.4, 0.5) is 0 Å². The number of nitrogens with one attached hydrogen (secondary N) is 1. The van der Waals surface area contributed by atoms with Gasteiger partial charge in [-0.05, 0) is 43.9 Å². The van der Waals surface area contributed by atoms with E-state index in [0.29, 0.717) is 6.04 Å². The Balaban J connectivity index is 2.57. The van der Waals surface area contributed by atoms with Gasteiger partial charge in [-0.3, -0.25) is 0 Å². The zero-order valence-electron chi connectivity index (χ0n) is 12.0. The highest BCUT2D eigenvalue weighted by Crippen LogP contribution is 2.20. The Morgan fingerprint density at radius 3 is 2.56 bits per heavy atom. The molecule has 0 saturated carbocycles. The molecule has 1 aromatic carbocycles. The van der Waals surface area contributed by atoms with Gasteiger partial charge in [-0.15, -0.1) is 0 Å². The molecule has 0 heterocycles. The van der Waals surface area contributed by atoms with E-state index in [9.17, 15) is 0 Å². The van der Waals surface area contributed by atoms with Crippen molar-refractivity contribution < 1.29 is 4.74 Å². The van der Waals surface area contributed by atoms with Crippen LogP contribution < -0.4 is 5.32 Å². The highest BCUT2D eigenvalue weighted by atomic mass is 16.5. The molecule has 1 atom stereocenters. The van der Waals surface area contributed by atoms with Crippen LogP contribution in [0.5, 0.6) is 0 Å². The summed E-state index contributed by atoms with van der Waals surface area (Å²) in [6, 6.07) is 9.05. The van der Waals surface area contributed by atoms with Crippen molar-refractivity contribution in [2.45, 2.75) is 46.1 Å². The van der Waals surface area contributed by atoms with E-state index in [-0.39, 0.29) is 0 Å². The maximum Gasteiger partial charge on any atom is 0.0484 e. The molecule has 0 bridgehead atoms. The lowest BCUT2D eigenvalue weighted by Gasteiger charge is -2.21. The highest BCUT2D eigenvalue weighted by molar-refractivity contribution is 5.28. The minimum absolute atomic E-state index is 0.419. The normalized spacial score (nSPS) is 12.6. The van der Waals surface area contributed by atoms with Crippen LogP contribution in [-0.4, -0.2) is 19.8 Å². The van der Waals surface area contributed by atoms with Gasteiger partial charge >= 0.3 is 0 Å². The summed E-state index contributed by atoms with van der Waals surface area (Å²) in [5.74, 6) is 0. The SMILES string of the molecule is CCCNC(CCOCCC)c1ccccc1C. The maximum absolute atomic E-state index is 5.61. The van der Waals surface area contributed by atoms with Crippen molar-refractivity contribution in [3.63, 3.8) is 0 Å². The Hall–Kier alpha value is -0.860. The molecule has 0 radical (unpaired) electrons. The highest BCUT2D eigenvalue weighted by Gasteiger charge is 2.12. The molecule has 0 spiro atoms. The minimum Gasteiger partial charge on any atom is -0.381 e. The zero-order valence-corrected chi connectivity index (χ0v) is 12.0. The third-order valence-corrected chi connectivity index (χ3v) is 3.10. The first-order chi connectivity index (χ1) is 8.79. The smallest absolute Gasteiger partial charge is 0.0484 e. The predicted octanol–water partition coefficient (Wildman–Crippen LogP) is 3.85. The zero-order chi connectivity index (χ0) is 13.2. The van der Waals surface area contributed by atoms with Gasteiger partial charge in [0, 0.05) is 19.3 Å². The van der Waals surface area contributed by atoms with Crippen LogP contribution in [0, 0.1) is 6.92 Å². The summed E-state index contributed by atoms with van der Waals surface area (Å²) in [7, 11) is 0. The minimum atomic E-state index is 0.419. The third-order valence-electron chi connectivity index (χ3n) is 3.10. The molecule has 0 aliphatic rings. The lowest BCUT2D eigenvalue weighted by atomic mass is 9.99. The molecule has 0 aliphatic heterocycles. The van der Waals surface area contributed by atoms with Crippen molar-refractivity contribution in [1.82, 2.24) is 5.32 Å². The fraction of sp³-hybridized carbons (Fsp3) is 0.625. The van der Waals surface area contributed by atoms with Gasteiger partial charge in [-0.2, -0.15) is 0 Å². The Kier molecular flexibility index (Phi) is 7.70. The summed E-state index contributed by atoms with van der Waals surface area (Å²) >= 11 is 0. The molecule has 0 aliphatic carbocycles. The van der Waals surface area contributed by atoms with Gasteiger partial charge in [0.15, 0.2) is 0 Å². The first kappa shape index (κ1) is 15.2. The average Bonchev–Trinajstić information content (AvgIpc) is 2.39. The molecule has 2 heteroatoms. The molecular formula is C16H27NO.